The van der Waals surface area contributed by atoms with Crippen LogP contribution in [0.25, 0.3) is 32.9 Å². The molecule has 0 spiro atoms. The number of ether oxygens (including phenoxy) is 1. The van der Waals surface area contributed by atoms with Crippen LogP contribution in [0.5, 0.6) is 11.8 Å². The number of nitrogens with zero attached hydrogens (tertiary/aromatic N) is 5. The molecule has 2 saturated heterocycles. The molecule has 0 saturated carbocycles. The average molecular weight is 590 g/mol. The lowest BCUT2D eigenvalue weighted by Crippen LogP contribution is -2.43. The van der Waals surface area contributed by atoms with Gasteiger partial charge in [0.15, 0.2) is 5.82 Å². The first-order valence-corrected chi connectivity index (χ1v) is 14.2. The highest BCUT2D eigenvalue weighted by molar-refractivity contribution is 6.03. The van der Waals surface area contributed by atoms with Crippen LogP contribution in [0.2, 0.25) is 0 Å². The lowest BCUT2D eigenvalue weighted by Gasteiger charge is -2.31. The van der Waals surface area contributed by atoms with Crippen LogP contribution in [0.1, 0.15) is 31.2 Å². The second-order valence-electron chi connectivity index (χ2n) is 11.4. The third-order valence-electron chi connectivity index (χ3n) is 8.78. The Morgan fingerprint density at radius 3 is 2.81 bits per heavy atom. The summed E-state index contributed by atoms with van der Waals surface area (Å²) in [5.74, 6) is 0.691. The molecule has 0 amide bonds. The number of anilines is 1. The van der Waals surface area contributed by atoms with Crippen LogP contribution >= 0.6 is 0 Å². The quantitative estimate of drug-likeness (QED) is 0.232. The molecular weight excluding hydrogens is 562 g/mol. The van der Waals surface area contributed by atoms with E-state index in [4.69, 9.17) is 11.2 Å². The zero-order valence-electron chi connectivity index (χ0n) is 23.1. The molecule has 5 heterocycles. The number of terminal acetylenes is 1. The number of rotatable bonds is 5. The maximum atomic E-state index is 16.6. The van der Waals surface area contributed by atoms with Crippen LogP contribution in [0, 0.1) is 24.0 Å². The van der Waals surface area contributed by atoms with Crippen molar-refractivity contribution in [3.63, 3.8) is 0 Å². The number of halogens is 4. The molecule has 2 atom stereocenters. The van der Waals surface area contributed by atoms with Crippen molar-refractivity contribution in [2.45, 2.75) is 37.4 Å². The van der Waals surface area contributed by atoms with Gasteiger partial charge >= 0.3 is 6.01 Å². The molecule has 0 aliphatic carbocycles. The summed E-state index contributed by atoms with van der Waals surface area (Å²) in [4.78, 5) is 17.3. The number of pyridine rings is 1. The van der Waals surface area contributed by atoms with E-state index in [1.165, 1.54) is 36.5 Å². The molecule has 4 aromatic rings. The number of hydrogen-bond acceptors (Lipinski definition) is 7. The maximum Gasteiger partial charge on any atom is 0.319 e. The van der Waals surface area contributed by atoms with E-state index in [1.54, 1.807) is 4.90 Å². The molecule has 220 valence electrons. The van der Waals surface area contributed by atoms with Crippen LogP contribution in [0.3, 0.4) is 0 Å². The first kappa shape index (κ1) is 27.4. The number of benzene rings is 2. The molecule has 0 radical (unpaired) electrons. The molecule has 43 heavy (non-hydrogen) atoms. The first-order chi connectivity index (χ1) is 20.8. The Balaban J connectivity index is 1.38. The van der Waals surface area contributed by atoms with E-state index in [9.17, 15) is 18.3 Å². The lowest BCUT2D eigenvalue weighted by molar-refractivity contribution is 0.107. The minimum absolute atomic E-state index is 0.0906. The molecule has 2 aromatic carbocycles. The molecule has 7 rings (SSSR count). The summed E-state index contributed by atoms with van der Waals surface area (Å²) < 4.78 is 65.6. The fraction of sp³-hybridized carbons (Fsp3) is 0.344. The second kappa shape index (κ2) is 10.4. The molecule has 0 bridgehead atoms. The summed E-state index contributed by atoms with van der Waals surface area (Å²) in [6.07, 6.45) is 9.69. The van der Waals surface area contributed by atoms with Crippen LogP contribution < -0.4 is 9.64 Å². The summed E-state index contributed by atoms with van der Waals surface area (Å²) >= 11 is 0. The van der Waals surface area contributed by atoms with Crippen molar-refractivity contribution in [1.29, 1.82) is 0 Å². The average Bonchev–Trinajstić information content (AvgIpc) is 3.52. The van der Waals surface area contributed by atoms with E-state index in [1.807, 2.05) is 0 Å². The zero-order valence-corrected chi connectivity index (χ0v) is 23.1. The number of phenols is 1. The Morgan fingerprint density at radius 2 is 2.02 bits per heavy atom. The molecule has 1 unspecified atom stereocenters. The van der Waals surface area contributed by atoms with Crippen molar-refractivity contribution in [2.75, 3.05) is 37.7 Å². The van der Waals surface area contributed by atoms with Crippen LogP contribution in [-0.2, 0) is 0 Å². The van der Waals surface area contributed by atoms with Gasteiger partial charge in [-0.15, -0.1) is 6.42 Å². The smallest absolute Gasteiger partial charge is 0.319 e. The van der Waals surface area contributed by atoms with E-state index >= 15 is 4.39 Å². The van der Waals surface area contributed by atoms with E-state index < -0.39 is 23.3 Å². The summed E-state index contributed by atoms with van der Waals surface area (Å²) in [5.41, 5.74) is -0.801. The Hall–Kier alpha value is -4.43. The molecule has 2 aromatic heterocycles. The summed E-state index contributed by atoms with van der Waals surface area (Å²) in [6.45, 7) is 1.75. The van der Waals surface area contributed by atoms with Gasteiger partial charge in [0, 0.05) is 49.6 Å². The van der Waals surface area contributed by atoms with Crippen molar-refractivity contribution in [1.82, 2.24) is 19.9 Å². The number of aromatic hydroxyl groups is 1. The largest absolute Gasteiger partial charge is 0.508 e. The molecule has 11 heteroatoms. The lowest BCUT2D eigenvalue weighted by atomic mass is 9.95. The van der Waals surface area contributed by atoms with Crippen molar-refractivity contribution in [3.05, 3.63) is 59.6 Å². The minimum Gasteiger partial charge on any atom is -0.508 e. The Bertz CT molecular complexity index is 1860. The highest BCUT2D eigenvalue weighted by Crippen LogP contribution is 2.42. The molecule has 2 fully saturated rings. The number of fused-ring (bicyclic) bond motifs is 3. The SMILES string of the molecule is C#Cc1c(F)ccc2cc(O)cc(-c3ncc4c(N5CC=C(F)CC5)nc(OC[C@@]56CCCN5CC(F)C6)nc4c3F)c12. The Kier molecular flexibility index (Phi) is 6.62. The number of aromatic nitrogens is 3. The number of alkyl halides is 1. The van der Waals surface area contributed by atoms with E-state index in [0.29, 0.717) is 30.7 Å². The highest BCUT2D eigenvalue weighted by Gasteiger charge is 2.49. The number of hydrogen-bond donors (Lipinski definition) is 1. The van der Waals surface area contributed by atoms with Crippen LogP contribution in [-0.4, -0.2) is 69.5 Å². The van der Waals surface area contributed by atoms with Crippen LogP contribution in [0.4, 0.5) is 23.4 Å². The van der Waals surface area contributed by atoms with Crippen molar-refractivity contribution in [3.8, 4) is 35.4 Å². The fourth-order valence-electron chi connectivity index (χ4n) is 6.75. The van der Waals surface area contributed by atoms with Gasteiger partial charge < -0.3 is 14.7 Å². The van der Waals surface area contributed by atoms with Crippen molar-refractivity contribution >= 4 is 27.5 Å². The second-order valence-corrected chi connectivity index (χ2v) is 11.4. The van der Waals surface area contributed by atoms with E-state index in [2.05, 4.69) is 25.8 Å². The predicted molar refractivity (Wildman–Crippen MR) is 154 cm³/mol. The van der Waals surface area contributed by atoms with Gasteiger partial charge in [0.25, 0.3) is 0 Å². The normalized spacial score (nSPS) is 22.2. The fourth-order valence-corrected chi connectivity index (χ4v) is 6.75. The van der Waals surface area contributed by atoms with Crippen molar-refractivity contribution in [2.24, 2.45) is 0 Å². The minimum atomic E-state index is -0.951. The van der Waals surface area contributed by atoms with E-state index in [0.717, 1.165) is 19.4 Å². The standard InChI is InChI=1S/C32H27F4N5O2/c1-2-22-25(35)5-4-18-12-21(42)13-23(26(18)22)28-27(36)29-24(15-37-28)30(40-10-6-19(33)7-11-40)39-31(38-29)43-17-32-8-3-9-41(32)16-20(34)14-32/h1,4-6,12-13,15,20,42H,3,7-11,14,16-17H2/t20?,32-/m0/s1. The van der Waals surface area contributed by atoms with Gasteiger partial charge in [-0.1, -0.05) is 12.0 Å². The molecular formula is C32H27F4N5O2. The monoisotopic (exact) mass is 589 g/mol. The van der Waals surface area contributed by atoms with Gasteiger partial charge in [0.05, 0.1) is 22.3 Å². The maximum absolute atomic E-state index is 16.6. The third-order valence-corrected chi connectivity index (χ3v) is 8.78. The highest BCUT2D eigenvalue weighted by atomic mass is 19.1. The van der Waals surface area contributed by atoms with Gasteiger partial charge in [-0.3, -0.25) is 9.88 Å². The molecule has 3 aliphatic rings. The first-order valence-electron chi connectivity index (χ1n) is 14.2. The number of phenolic OH excluding ortho intramolecular Hbond substituents is 1. The van der Waals surface area contributed by atoms with Crippen molar-refractivity contribution < 1.29 is 27.4 Å². The van der Waals surface area contributed by atoms with E-state index in [-0.39, 0.29) is 70.3 Å². The third kappa shape index (κ3) is 4.61. The molecule has 7 nitrogen and oxygen atoms in total. The predicted octanol–water partition coefficient (Wildman–Crippen LogP) is 5.83. The summed E-state index contributed by atoms with van der Waals surface area (Å²) in [7, 11) is 0. The summed E-state index contributed by atoms with van der Waals surface area (Å²) in [6, 6.07) is 5.21. The summed E-state index contributed by atoms with van der Waals surface area (Å²) in [5, 5.41) is 11.3. The zero-order chi connectivity index (χ0) is 29.9. The van der Waals surface area contributed by atoms with Gasteiger partial charge in [-0.25, -0.2) is 17.6 Å². The molecule has 1 N–H and O–H groups in total. The van der Waals surface area contributed by atoms with Crippen LogP contribution in [0.15, 0.2) is 42.4 Å². The topological polar surface area (TPSA) is 74.6 Å². The van der Waals surface area contributed by atoms with Gasteiger partial charge in [0.2, 0.25) is 0 Å². The van der Waals surface area contributed by atoms with Gasteiger partial charge in [-0.2, -0.15) is 9.97 Å². The van der Waals surface area contributed by atoms with Gasteiger partial charge in [-0.05, 0) is 49.0 Å². The van der Waals surface area contributed by atoms with Gasteiger partial charge in [0.1, 0.15) is 41.4 Å². The Morgan fingerprint density at radius 1 is 1.16 bits per heavy atom. The Labute approximate surface area is 244 Å². The molecule has 3 aliphatic heterocycles.